The summed E-state index contributed by atoms with van der Waals surface area (Å²) in [5.41, 5.74) is 2.50. The molecule has 3 rings (SSSR count). The van der Waals surface area contributed by atoms with Crippen LogP contribution in [0.5, 0.6) is 0 Å². The molecule has 1 aromatic rings. The van der Waals surface area contributed by atoms with Crippen LogP contribution in [0.3, 0.4) is 0 Å². The first-order valence-electron chi connectivity index (χ1n) is 6.50. The lowest BCUT2D eigenvalue weighted by molar-refractivity contribution is 0.560. The molecule has 0 spiro atoms. The summed E-state index contributed by atoms with van der Waals surface area (Å²) in [5.74, 6) is 0. The van der Waals surface area contributed by atoms with Gasteiger partial charge in [-0.2, -0.15) is 0 Å². The molecule has 0 radical (unpaired) electrons. The number of hydrogen-bond donors (Lipinski definition) is 2. The minimum Gasteiger partial charge on any atom is -0.315 e. The van der Waals surface area contributed by atoms with E-state index in [1.54, 1.807) is 6.07 Å². The average molecular weight is 266 g/mol. The van der Waals surface area contributed by atoms with Gasteiger partial charge in [0.05, 0.1) is 4.90 Å². The Balaban J connectivity index is 1.84. The van der Waals surface area contributed by atoms with Gasteiger partial charge in [-0.15, -0.1) is 0 Å². The molecule has 1 aliphatic heterocycles. The summed E-state index contributed by atoms with van der Waals surface area (Å²) >= 11 is 0. The smallest absolute Gasteiger partial charge is 0.240 e. The van der Waals surface area contributed by atoms with Gasteiger partial charge < -0.3 is 5.32 Å². The van der Waals surface area contributed by atoms with Gasteiger partial charge in [-0.25, -0.2) is 13.1 Å². The number of benzene rings is 1. The number of sulfonamides is 1. The Kier molecular flexibility index (Phi) is 3.13. The lowest BCUT2D eigenvalue weighted by Crippen LogP contribution is -2.36. The van der Waals surface area contributed by atoms with Crippen molar-refractivity contribution in [2.24, 2.45) is 0 Å². The van der Waals surface area contributed by atoms with Crippen molar-refractivity contribution < 1.29 is 8.42 Å². The minimum absolute atomic E-state index is 0.0308. The number of nitrogens with one attached hydrogen (secondary N) is 2. The van der Waals surface area contributed by atoms with Crippen LogP contribution < -0.4 is 10.0 Å². The van der Waals surface area contributed by atoms with E-state index in [0.29, 0.717) is 4.90 Å². The van der Waals surface area contributed by atoms with Crippen LogP contribution >= 0.6 is 0 Å². The van der Waals surface area contributed by atoms with E-state index < -0.39 is 10.0 Å². The van der Waals surface area contributed by atoms with Gasteiger partial charge in [0.2, 0.25) is 10.0 Å². The molecular weight excluding hydrogens is 248 g/mol. The zero-order chi connectivity index (χ0) is 12.6. The molecule has 18 heavy (non-hydrogen) atoms. The Morgan fingerprint density at radius 3 is 2.83 bits per heavy atom. The van der Waals surface area contributed by atoms with Gasteiger partial charge in [0.1, 0.15) is 0 Å². The standard InChI is InChI=1S/C13H18N2O2S/c16-18(17,15-12-6-7-14-9-12)13-5-4-10-2-1-3-11(10)8-13/h4-5,8,12,14-15H,1-3,6-7,9H2. The normalized spacial score (nSPS) is 23.2. The van der Waals surface area contributed by atoms with Crippen LogP contribution in [0.15, 0.2) is 23.1 Å². The molecule has 0 amide bonds. The van der Waals surface area contributed by atoms with Crippen molar-refractivity contribution >= 4 is 10.0 Å². The maximum atomic E-state index is 12.2. The van der Waals surface area contributed by atoms with Gasteiger partial charge in [-0.05, 0) is 55.5 Å². The number of fused-ring (bicyclic) bond motifs is 1. The molecule has 1 atom stereocenters. The van der Waals surface area contributed by atoms with E-state index in [9.17, 15) is 8.42 Å². The first kappa shape index (κ1) is 12.1. The molecule has 1 heterocycles. The molecule has 0 aromatic heterocycles. The van der Waals surface area contributed by atoms with Gasteiger partial charge in [-0.3, -0.25) is 0 Å². The number of rotatable bonds is 3. The van der Waals surface area contributed by atoms with Crippen molar-refractivity contribution in [2.75, 3.05) is 13.1 Å². The van der Waals surface area contributed by atoms with Gasteiger partial charge >= 0.3 is 0 Å². The van der Waals surface area contributed by atoms with E-state index in [1.165, 1.54) is 11.1 Å². The zero-order valence-corrected chi connectivity index (χ0v) is 11.1. The van der Waals surface area contributed by atoms with Crippen LogP contribution in [0.4, 0.5) is 0 Å². The predicted octanol–water partition coefficient (Wildman–Crippen LogP) is 0.816. The molecule has 4 nitrogen and oxygen atoms in total. The zero-order valence-electron chi connectivity index (χ0n) is 10.3. The summed E-state index contributed by atoms with van der Waals surface area (Å²) in [6.45, 7) is 1.61. The topological polar surface area (TPSA) is 58.2 Å². The van der Waals surface area contributed by atoms with E-state index in [2.05, 4.69) is 10.0 Å². The van der Waals surface area contributed by atoms with Crippen LogP contribution in [0, 0.1) is 0 Å². The van der Waals surface area contributed by atoms with Crippen molar-refractivity contribution in [2.45, 2.75) is 36.6 Å². The largest absolute Gasteiger partial charge is 0.315 e. The highest BCUT2D eigenvalue weighted by molar-refractivity contribution is 7.89. The third kappa shape index (κ3) is 2.30. The third-order valence-corrected chi connectivity index (χ3v) is 5.28. The summed E-state index contributed by atoms with van der Waals surface area (Å²) in [4.78, 5) is 0.412. The molecule has 1 unspecified atom stereocenters. The van der Waals surface area contributed by atoms with Crippen molar-refractivity contribution in [3.05, 3.63) is 29.3 Å². The molecule has 1 saturated heterocycles. The fourth-order valence-corrected chi connectivity index (χ4v) is 4.08. The van der Waals surface area contributed by atoms with Crippen molar-refractivity contribution in [1.29, 1.82) is 0 Å². The fourth-order valence-electron chi connectivity index (χ4n) is 2.76. The van der Waals surface area contributed by atoms with Gasteiger partial charge in [0.15, 0.2) is 0 Å². The molecule has 98 valence electrons. The van der Waals surface area contributed by atoms with Gasteiger partial charge in [0, 0.05) is 12.6 Å². The van der Waals surface area contributed by atoms with E-state index in [-0.39, 0.29) is 6.04 Å². The number of hydrogen-bond acceptors (Lipinski definition) is 3. The molecule has 0 saturated carbocycles. The van der Waals surface area contributed by atoms with Crippen LogP contribution in [0.25, 0.3) is 0 Å². The Morgan fingerprint density at radius 2 is 2.06 bits per heavy atom. The predicted molar refractivity (Wildman–Crippen MR) is 70.1 cm³/mol. The van der Waals surface area contributed by atoms with Gasteiger partial charge in [0.25, 0.3) is 0 Å². The molecule has 1 aliphatic carbocycles. The van der Waals surface area contributed by atoms with E-state index in [0.717, 1.165) is 38.8 Å². The molecule has 5 heteroatoms. The second-order valence-electron chi connectivity index (χ2n) is 5.10. The van der Waals surface area contributed by atoms with E-state index >= 15 is 0 Å². The van der Waals surface area contributed by atoms with E-state index in [1.807, 2.05) is 12.1 Å². The highest BCUT2D eigenvalue weighted by Crippen LogP contribution is 2.24. The molecule has 2 N–H and O–H groups in total. The summed E-state index contributed by atoms with van der Waals surface area (Å²) in [6, 6.07) is 5.56. The number of aryl methyl sites for hydroxylation is 2. The summed E-state index contributed by atoms with van der Waals surface area (Å²) in [5, 5.41) is 3.16. The van der Waals surface area contributed by atoms with Crippen LogP contribution in [-0.2, 0) is 22.9 Å². The Bertz CT molecular complexity index is 548. The Morgan fingerprint density at radius 1 is 1.22 bits per heavy atom. The van der Waals surface area contributed by atoms with Crippen molar-refractivity contribution in [3.63, 3.8) is 0 Å². The molecule has 2 aliphatic rings. The lowest BCUT2D eigenvalue weighted by atomic mass is 10.1. The summed E-state index contributed by atoms with van der Waals surface area (Å²) in [6.07, 6.45) is 4.09. The highest BCUT2D eigenvalue weighted by Gasteiger charge is 2.23. The van der Waals surface area contributed by atoms with Gasteiger partial charge in [-0.1, -0.05) is 6.07 Å². The first-order chi connectivity index (χ1) is 8.65. The van der Waals surface area contributed by atoms with Crippen molar-refractivity contribution in [1.82, 2.24) is 10.0 Å². The summed E-state index contributed by atoms with van der Waals surface area (Å²) < 4.78 is 27.3. The Labute approximate surface area is 108 Å². The van der Waals surface area contributed by atoms with E-state index in [4.69, 9.17) is 0 Å². The SMILES string of the molecule is O=S(=O)(NC1CCNC1)c1ccc2c(c1)CCC2. The minimum atomic E-state index is -3.36. The average Bonchev–Trinajstić information content (AvgIpc) is 2.97. The molecular formula is C13H18N2O2S. The van der Waals surface area contributed by atoms with Crippen LogP contribution in [-0.4, -0.2) is 27.5 Å². The summed E-state index contributed by atoms with van der Waals surface area (Å²) in [7, 11) is -3.36. The fraction of sp³-hybridized carbons (Fsp3) is 0.538. The highest BCUT2D eigenvalue weighted by atomic mass is 32.2. The second kappa shape index (κ2) is 4.64. The maximum absolute atomic E-state index is 12.2. The third-order valence-electron chi connectivity index (χ3n) is 3.76. The van der Waals surface area contributed by atoms with Crippen molar-refractivity contribution in [3.8, 4) is 0 Å². The van der Waals surface area contributed by atoms with Crippen LogP contribution in [0.1, 0.15) is 24.0 Å². The first-order valence-corrected chi connectivity index (χ1v) is 7.98. The lowest BCUT2D eigenvalue weighted by Gasteiger charge is -2.12. The molecule has 1 aromatic carbocycles. The molecule has 1 fully saturated rings. The monoisotopic (exact) mass is 266 g/mol. The second-order valence-corrected chi connectivity index (χ2v) is 6.81. The van der Waals surface area contributed by atoms with Crippen LogP contribution in [0.2, 0.25) is 0 Å². The molecule has 0 bridgehead atoms. The quantitative estimate of drug-likeness (QED) is 0.851. The Hall–Kier alpha value is -0.910. The maximum Gasteiger partial charge on any atom is 0.240 e.